The highest BCUT2D eigenvalue weighted by Gasteiger charge is 1.96. The second kappa shape index (κ2) is 5.83. The monoisotopic (exact) mass is 232 g/mol. The van der Waals surface area contributed by atoms with Gasteiger partial charge < -0.3 is 10.6 Å². The minimum Gasteiger partial charge on any atom is -0.370 e. The Balaban J connectivity index is 1.84. The summed E-state index contributed by atoms with van der Waals surface area (Å²) in [4.78, 5) is 4.41. The first kappa shape index (κ1) is 11.4. The summed E-state index contributed by atoms with van der Waals surface area (Å²) in [6, 6.07) is 5.87. The Morgan fingerprint density at radius 2 is 2.06 bits per heavy atom. The van der Waals surface area contributed by atoms with E-state index in [9.17, 15) is 0 Å². The number of nitrogens with one attached hydrogen (secondary N) is 2. The average molecular weight is 232 g/mol. The zero-order chi connectivity index (χ0) is 11.9. The molecule has 6 nitrogen and oxygen atoms in total. The lowest BCUT2D eigenvalue weighted by Gasteiger charge is -2.07. The maximum absolute atomic E-state index is 4.41. The fourth-order valence-electron chi connectivity index (χ4n) is 1.46. The Kier molecular flexibility index (Phi) is 3.90. The number of nitrogens with zero attached hydrogens (tertiary/aromatic N) is 4. The lowest BCUT2D eigenvalue weighted by Crippen LogP contribution is -2.12. The van der Waals surface area contributed by atoms with E-state index in [0.29, 0.717) is 0 Å². The number of anilines is 2. The zero-order valence-corrected chi connectivity index (χ0v) is 9.80. The fraction of sp³-hybridized carbons (Fsp3) is 0.364. The van der Waals surface area contributed by atoms with Gasteiger partial charge in [-0.15, -0.1) is 5.10 Å². The molecule has 2 heterocycles. The summed E-state index contributed by atoms with van der Waals surface area (Å²) in [6.45, 7) is 4.46. The quantitative estimate of drug-likeness (QED) is 0.783. The molecule has 6 heteroatoms. The molecule has 0 saturated carbocycles. The zero-order valence-electron chi connectivity index (χ0n) is 9.80. The summed E-state index contributed by atoms with van der Waals surface area (Å²) >= 11 is 0. The van der Waals surface area contributed by atoms with Gasteiger partial charge in [0.2, 0.25) is 0 Å². The predicted molar refractivity (Wildman–Crippen MR) is 66.9 cm³/mol. The number of pyridine rings is 1. The molecule has 0 aliphatic heterocycles. The Hall–Kier alpha value is -2.11. The van der Waals surface area contributed by atoms with Gasteiger partial charge in [0.1, 0.15) is 11.6 Å². The van der Waals surface area contributed by atoms with Crippen LogP contribution in [-0.2, 0) is 6.54 Å². The predicted octanol–water partition coefficient (Wildman–Crippen LogP) is 1.22. The molecule has 2 aromatic rings. The summed E-state index contributed by atoms with van der Waals surface area (Å²) in [5.41, 5.74) is 0. The van der Waals surface area contributed by atoms with Crippen LogP contribution in [-0.4, -0.2) is 33.1 Å². The molecule has 0 bridgehead atoms. The summed E-state index contributed by atoms with van der Waals surface area (Å²) < 4.78 is 1.78. The molecule has 0 spiro atoms. The SMILES string of the molecule is CCNc1cccc(NCCn2ccnn2)n1. The molecule has 90 valence electrons. The van der Waals surface area contributed by atoms with Crippen molar-refractivity contribution in [2.45, 2.75) is 13.5 Å². The van der Waals surface area contributed by atoms with Crippen molar-refractivity contribution < 1.29 is 0 Å². The summed E-state index contributed by atoms with van der Waals surface area (Å²) in [5.74, 6) is 1.75. The molecular formula is C11H16N6. The molecule has 0 atom stereocenters. The van der Waals surface area contributed by atoms with Gasteiger partial charge in [-0.1, -0.05) is 11.3 Å². The van der Waals surface area contributed by atoms with Gasteiger partial charge >= 0.3 is 0 Å². The maximum Gasteiger partial charge on any atom is 0.128 e. The highest BCUT2D eigenvalue weighted by Crippen LogP contribution is 2.08. The van der Waals surface area contributed by atoms with Crippen LogP contribution in [0.2, 0.25) is 0 Å². The van der Waals surface area contributed by atoms with Crippen LogP contribution < -0.4 is 10.6 Å². The van der Waals surface area contributed by atoms with Gasteiger partial charge in [0, 0.05) is 19.3 Å². The topological polar surface area (TPSA) is 67.7 Å². The van der Waals surface area contributed by atoms with Gasteiger partial charge in [0.15, 0.2) is 0 Å². The van der Waals surface area contributed by atoms with Crippen LogP contribution in [0.4, 0.5) is 11.6 Å². The summed E-state index contributed by atoms with van der Waals surface area (Å²) in [6.07, 6.45) is 3.51. The second-order valence-electron chi connectivity index (χ2n) is 3.53. The van der Waals surface area contributed by atoms with Crippen LogP contribution in [0.25, 0.3) is 0 Å². The van der Waals surface area contributed by atoms with Gasteiger partial charge in [0.25, 0.3) is 0 Å². The largest absolute Gasteiger partial charge is 0.370 e. The first-order valence-corrected chi connectivity index (χ1v) is 5.67. The molecule has 0 aliphatic carbocycles. The van der Waals surface area contributed by atoms with E-state index in [4.69, 9.17) is 0 Å². The third kappa shape index (κ3) is 3.44. The van der Waals surface area contributed by atoms with Crippen molar-refractivity contribution >= 4 is 11.6 Å². The first-order chi connectivity index (χ1) is 8.38. The van der Waals surface area contributed by atoms with E-state index >= 15 is 0 Å². The highest BCUT2D eigenvalue weighted by atomic mass is 15.4. The van der Waals surface area contributed by atoms with Crippen molar-refractivity contribution in [3.63, 3.8) is 0 Å². The smallest absolute Gasteiger partial charge is 0.128 e. The Morgan fingerprint density at radius 3 is 2.76 bits per heavy atom. The molecule has 17 heavy (non-hydrogen) atoms. The number of hydrogen-bond donors (Lipinski definition) is 2. The molecule has 2 rings (SSSR count). The fourth-order valence-corrected chi connectivity index (χ4v) is 1.46. The molecule has 0 fully saturated rings. The van der Waals surface area contributed by atoms with Crippen molar-refractivity contribution in [3.05, 3.63) is 30.6 Å². The van der Waals surface area contributed by atoms with Crippen molar-refractivity contribution in [1.82, 2.24) is 20.0 Å². The van der Waals surface area contributed by atoms with E-state index in [1.165, 1.54) is 0 Å². The van der Waals surface area contributed by atoms with E-state index in [1.807, 2.05) is 31.3 Å². The molecule has 0 aliphatic rings. The lowest BCUT2D eigenvalue weighted by atomic mass is 10.4. The van der Waals surface area contributed by atoms with Gasteiger partial charge in [-0.25, -0.2) is 4.98 Å². The number of aromatic nitrogens is 4. The van der Waals surface area contributed by atoms with Gasteiger partial charge in [-0.2, -0.15) is 0 Å². The summed E-state index contributed by atoms with van der Waals surface area (Å²) in [5, 5.41) is 14.0. The van der Waals surface area contributed by atoms with E-state index in [2.05, 4.69) is 25.9 Å². The van der Waals surface area contributed by atoms with Crippen molar-refractivity contribution in [3.8, 4) is 0 Å². The molecule has 0 saturated heterocycles. The lowest BCUT2D eigenvalue weighted by molar-refractivity contribution is 0.608. The highest BCUT2D eigenvalue weighted by molar-refractivity contribution is 5.44. The Labute approximate surface area is 100 Å². The van der Waals surface area contributed by atoms with E-state index in [1.54, 1.807) is 10.9 Å². The number of hydrogen-bond acceptors (Lipinski definition) is 5. The normalized spacial score (nSPS) is 10.2. The van der Waals surface area contributed by atoms with E-state index in [-0.39, 0.29) is 0 Å². The third-order valence-corrected chi connectivity index (χ3v) is 2.23. The molecule has 0 aromatic carbocycles. The first-order valence-electron chi connectivity index (χ1n) is 5.67. The molecule has 2 N–H and O–H groups in total. The van der Waals surface area contributed by atoms with Crippen LogP contribution in [0.1, 0.15) is 6.92 Å². The second-order valence-corrected chi connectivity index (χ2v) is 3.53. The van der Waals surface area contributed by atoms with Gasteiger partial charge in [-0.05, 0) is 19.1 Å². The van der Waals surface area contributed by atoms with Crippen LogP contribution in [0.15, 0.2) is 30.6 Å². The number of rotatable bonds is 6. The standard InChI is InChI=1S/C11H16N6/c1-2-12-10-4-3-5-11(15-10)13-6-8-17-9-7-14-16-17/h3-5,7,9H,2,6,8H2,1H3,(H2,12,13,15). The van der Waals surface area contributed by atoms with E-state index < -0.39 is 0 Å². The third-order valence-electron chi connectivity index (χ3n) is 2.23. The minimum absolute atomic E-state index is 0.770. The average Bonchev–Trinajstić information content (AvgIpc) is 2.83. The summed E-state index contributed by atoms with van der Waals surface area (Å²) in [7, 11) is 0. The molecule has 2 aromatic heterocycles. The van der Waals surface area contributed by atoms with Crippen LogP contribution in [0, 0.1) is 0 Å². The van der Waals surface area contributed by atoms with Crippen LogP contribution >= 0.6 is 0 Å². The minimum atomic E-state index is 0.770. The van der Waals surface area contributed by atoms with Crippen LogP contribution in [0.5, 0.6) is 0 Å². The van der Waals surface area contributed by atoms with Crippen molar-refractivity contribution in [2.75, 3.05) is 23.7 Å². The maximum atomic E-state index is 4.41. The molecular weight excluding hydrogens is 216 g/mol. The Morgan fingerprint density at radius 1 is 1.24 bits per heavy atom. The van der Waals surface area contributed by atoms with Crippen LogP contribution in [0.3, 0.4) is 0 Å². The molecule has 0 amide bonds. The van der Waals surface area contributed by atoms with Crippen molar-refractivity contribution in [2.24, 2.45) is 0 Å². The van der Waals surface area contributed by atoms with Gasteiger partial charge in [-0.3, -0.25) is 4.68 Å². The molecule has 0 radical (unpaired) electrons. The van der Waals surface area contributed by atoms with E-state index in [0.717, 1.165) is 31.3 Å². The Bertz CT molecular complexity index is 439. The molecule has 0 unspecified atom stereocenters. The van der Waals surface area contributed by atoms with Crippen molar-refractivity contribution in [1.29, 1.82) is 0 Å². The van der Waals surface area contributed by atoms with Gasteiger partial charge in [0.05, 0.1) is 12.7 Å².